The fourth-order valence-electron chi connectivity index (χ4n) is 1.37. The molecule has 2 aromatic rings. The Bertz CT molecular complexity index is 571. The van der Waals surface area contributed by atoms with Gasteiger partial charge >= 0.3 is 0 Å². The highest BCUT2D eigenvalue weighted by molar-refractivity contribution is 9.13. The van der Waals surface area contributed by atoms with Gasteiger partial charge in [-0.25, -0.2) is 9.97 Å². The summed E-state index contributed by atoms with van der Waals surface area (Å²) < 4.78 is 6.94. The predicted octanol–water partition coefficient (Wildman–Crippen LogP) is 5.21. The zero-order valence-corrected chi connectivity index (χ0v) is 14.0. The van der Waals surface area contributed by atoms with Crippen LogP contribution in [0.1, 0.15) is 26.5 Å². The first-order valence-corrected chi connectivity index (χ1v) is 7.24. The molecule has 2 aromatic heterocycles. The van der Waals surface area contributed by atoms with Crippen LogP contribution in [0.4, 0.5) is 0 Å². The average molecular weight is 394 g/mol. The van der Waals surface area contributed by atoms with Crippen molar-refractivity contribution in [1.29, 1.82) is 0 Å². The molecule has 96 valence electrons. The maximum atomic E-state index is 6.04. The molecule has 2 rings (SSSR count). The number of furan rings is 1. The number of rotatable bonds is 1. The lowest BCUT2D eigenvalue weighted by atomic mass is 9.92. The molecular weight excluding hydrogens is 383 g/mol. The van der Waals surface area contributed by atoms with Crippen LogP contribution in [0.2, 0.25) is 5.15 Å². The van der Waals surface area contributed by atoms with Gasteiger partial charge in [-0.05, 0) is 37.9 Å². The predicted molar refractivity (Wildman–Crippen MR) is 78.8 cm³/mol. The Morgan fingerprint density at radius 2 is 1.83 bits per heavy atom. The van der Waals surface area contributed by atoms with Crippen molar-refractivity contribution >= 4 is 43.5 Å². The van der Waals surface area contributed by atoms with Crippen LogP contribution in [0.25, 0.3) is 11.6 Å². The Balaban J connectivity index is 2.55. The first-order valence-electron chi connectivity index (χ1n) is 5.27. The molecule has 0 atom stereocenters. The Kier molecular flexibility index (Phi) is 3.85. The van der Waals surface area contributed by atoms with E-state index in [1.807, 2.05) is 6.07 Å². The van der Waals surface area contributed by atoms with E-state index in [4.69, 9.17) is 16.0 Å². The van der Waals surface area contributed by atoms with Crippen LogP contribution in [0.15, 0.2) is 25.7 Å². The Morgan fingerprint density at radius 1 is 1.17 bits per heavy atom. The lowest BCUT2D eigenvalue weighted by Crippen LogP contribution is -2.14. The summed E-state index contributed by atoms with van der Waals surface area (Å²) in [6, 6.07) is 3.58. The van der Waals surface area contributed by atoms with E-state index < -0.39 is 0 Å². The van der Waals surface area contributed by atoms with E-state index in [1.54, 1.807) is 6.07 Å². The number of aromatic nitrogens is 2. The highest BCUT2D eigenvalue weighted by Crippen LogP contribution is 2.32. The molecule has 18 heavy (non-hydrogen) atoms. The maximum Gasteiger partial charge on any atom is 0.197 e. The summed E-state index contributed by atoms with van der Waals surface area (Å²) in [7, 11) is 0. The number of halogens is 3. The second-order valence-electron chi connectivity index (χ2n) is 4.88. The summed E-state index contributed by atoms with van der Waals surface area (Å²) in [5.41, 5.74) is 0.781. The lowest BCUT2D eigenvalue weighted by molar-refractivity contribution is 0.542. The van der Waals surface area contributed by atoms with E-state index in [0.717, 1.165) is 10.2 Å². The van der Waals surface area contributed by atoms with Crippen LogP contribution in [0, 0.1) is 0 Å². The Morgan fingerprint density at radius 3 is 2.33 bits per heavy atom. The van der Waals surface area contributed by atoms with Gasteiger partial charge in [-0.1, -0.05) is 32.4 Å². The van der Waals surface area contributed by atoms with Gasteiger partial charge in [0.2, 0.25) is 0 Å². The summed E-state index contributed by atoms with van der Waals surface area (Å²) in [6.45, 7) is 6.22. The molecule has 0 aromatic carbocycles. The third-order valence-electron chi connectivity index (χ3n) is 2.33. The van der Waals surface area contributed by atoms with E-state index in [0.29, 0.717) is 21.4 Å². The van der Waals surface area contributed by atoms with Crippen molar-refractivity contribution in [3.63, 3.8) is 0 Å². The molecule has 0 N–H and O–H groups in total. The topological polar surface area (TPSA) is 38.9 Å². The van der Waals surface area contributed by atoms with E-state index >= 15 is 0 Å². The quantitative estimate of drug-likeness (QED) is 0.623. The number of nitrogens with zero attached hydrogens (tertiary/aromatic N) is 2. The highest BCUT2D eigenvalue weighted by atomic mass is 79.9. The molecule has 0 saturated heterocycles. The molecule has 2 heterocycles. The van der Waals surface area contributed by atoms with Gasteiger partial charge in [0, 0.05) is 11.5 Å². The van der Waals surface area contributed by atoms with Crippen LogP contribution in [-0.2, 0) is 5.41 Å². The van der Waals surface area contributed by atoms with E-state index in [1.165, 1.54) is 0 Å². The van der Waals surface area contributed by atoms with Crippen molar-refractivity contribution < 1.29 is 4.42 Å². The monoisotopic (exact) mass is 392 g/mol. The van der Waals surface area contributed by atoms with Crippen LogP contribution in [0.5, 0.6) is 0 Å². The lowest BCUT2D eigenvalue weighted by Gasteiger charge is -2.17. The molecule has 0 radical (unpaired) electrons. The van der Waals surface area contributed by atoms with Gasteiger partial charge in [0.1, 0.15) is 5.15 Å². The van der Waals surface area contributed by atoms with Gasteiger partial charge in [0.05, 0.1) is 10.2 Å². The van der Waals surface area contributed by atoms with Gasteiger partial charge in [0.25, 0.3) is 0 Å². The minimum atomic E-state index is -0.0949. The zero-order chi connectivity index (χ0) is 13.5. The van der Waals surface area contributed by atoms with Crippen LogP contribution < -0.4 is 0 Å². The molecule has 0 bridgehead atoms. The minimum Gasteiger partial charge on any atom is -0.445 e. The standard InChI is InChI=1S/C12H11Br2ClN2O/c1-12(2,3)8-5-9(15)17-11(16-8)7-4-6(13)10(14)18-7/h4-5H,1-3H3. The van der Waals surface area contributed by atoms with Gasteiger partial charge < -0.3 is 4.42 Å². The molecule has 0 unspecified atom stereocenters. The molecule has 0 aliphatic carbocycles. The fraction of sp³-hybridized carbons (Fsp3) is 0.333. The molecule has 0 spiro atoms. The van der Waals surface area contributed by atoms with Gasteiger partial charge in [0.15, 0.2) is 16.3 Å². The van der Waals surface area contributed by atoms with E-state index in [2.05, 4.69) is 62.6 Å². The zero-order valence-electron chi connectivity index (χ0n) is 10.1. The summed E-state index contributed by atoms with van der Waals surface area (Å²) in [4.78, 5) is 8.69. The molecule has 0 saturated carbocycles. The summed E-state index contributed by atoms with van der Waals surface area (Å²) in [6.07, 6.45) is 0. The SMILES string of the molecule is CC(C)(C)c1cc(Cl)nc(-c2cc(Br)c(Br)o2)n1. The minimum absolute atomic E-state index is 0.0949. The third-order valence-corrected chi connectivity index (χ3v) is 4.23. The van der Waals surface area contributed by atoms with Crippen molar-refractivity contribution in [2.45, 2.75) is 26.2 Å². The number of hydrogen-bond acceptors (Lipinski definition) is 3. The third kappa shape index (κ3) is 2.95. The van der Waals surface area contributed by atoms with Crippen molar-refractivity contribution in [3.05, 3.63) is 32.1 Å². The molecule has 0 aliphatic heterocycles. The van der Waals surface area contributed by atoms with Gasteiger partial charge in [-0.15, -0.1) is 0 Å². The molecule has 3 nitrogen and oxygen atoms in total. The molecule has 0 amide bonds. The van der Waals surface area contributed by atoms with Gasteiger partial charge in [-0.2, -0.15) is 0 Å². The first-order chi connectivity index (χ1) is 8.27. The second-order valence-corrected chi connectivity index (χ2v) is 6.84. The second kappa shape index (κ2) is 4.94. The summed E-state index contributed by atoms with van der Waals surface area (Å²) in [5.74, 6) is 1.06. The number of hydrogen-bond donors (Lipinski definition) is 0. The normalized spacial score (nSPS) is 11.9. The smallest absolute Gasteiger partial charge is 0.197 e. The van der Waals surface area contributed by atoms with Crippen molar-refractivity contribution in [3.8, 4) is 11.6 Å². The van der Waals surface area contributed by atoms with Crippen LogP contribution >= 0.6 is 43.5 Å². The largest absolute Gasteiger partial charge is 0.445 e. The molecule has 0 aliphatic rings. The Labute approximate surface area is 127 Å². The highest BCUT2D eigenvalue weighted by Gasteiger charge is 2.19. The molecule has 6 heteroatoms. The average Bonchev–Trinajstić information content (AvgIpc) is 2.57. The van der Waals surface area contributed by atoms with Crippen molar-refractivity contribution in [2.75, 3.05) is 0 Å². The van der Waals surface area contributed by atoms with Crippen LogP contribution in [0.3, 0.4) is 0 Å². The van der Waals surface area contributed by atoms with Crippen LogP contribution in [-0.4, -0.2) is 9.97 Å². The summed E-state index contributed by atoms with van der Waals surface area (Å²) in [5, 5.41) is 0.411. The summed E-state index contributed by atoms with van der Waals surface area (Å²) >= 11 is 12.7. The van der Waals surface area contributed by atoms with Crippen molar-refractivity contribution in [2.24, 2.45) is 0 Å². The van der Waals surface area contributed by atoms with Crippen molar-refractivity contribution in [1.82, 2.24) is 9.97 Å². The molecular formula is C12H11Br2ClN2O. The van der Waals surface area contributed by atoms with E-state index in [9.17, 15) is 0 Å². The maximum absolute atomic E-state index is 6.04. The molecule has 0 fully saturated rings. The van der Waals surface area contributed by atoms with Gasteiger partial charge in [-0.3, -0.25) is 0 Å². The Hall–Kier alpha value is -0.390. The fourth-order valence-corrected chi connectivity index (χ4v) is 2.13. The first kappa shape index (κ1) is 14.0. The van der Waals surface area contributed by atoms with E-state index in [-0.39, 0.29) is 5.41 Å².